The zero-order chi connectivity index (χ0) is 14.5. The highest BCUT2D eigenvalue weighted by atomic mass is 16.3. The van der Waals surface area contributed by atoms with Crippen LogP contribution in [0.1, 0.15) is 49.8 Å². The predicted molar refractivity (Wildman–Crippen MR) is 83.9 cm³/mol. The van der Waals surface area contributed by atoms with E-state index in [0.29, 0.717) is 11.8 Å². The summed E-state index contributed by atoms with van der Waals surface area (Å²) in [7, 11) is 0. The van der Waals surface area contributed by atoms with E-state index in [4.69, 9.17) is 4.42 Å². The highest BCUT2D eigenvalue weighted by molar-refractivity contribution is 5.20. The Morgan fingerprint density at radius 2 is 1.70 bits per heavy atom. The third-order valence-electron chi connectivity index (χ3n) is 3.86. The largest absolute Gasteiger partial charge is 0.465 e. The Balaban J connectivity index is 1.99. The molecule has 20 heavy (non-hydrogen) atoms. The van der Waals surface area contributed by atoms with Crippen LogP contribution in [0, 0.1) is 12.8 Å². The van der Waals surface area contributed by atoms with Crippen molar-refractivity contribution in [2.24, 2.45) is 5.92 Å². The van der Waals surface area contributed by atoms with E-state index in [2.05, 4.69) is 62.5 Å². The van der Waals surface area contributed by atoms with Gasteiger partial charge in [-0.1, -0.05) is 44.2 Å². The van der Waals surface area contributed by atoms with Gasteiger partial charge in [0.15, 0.2) is 0 Å². The lowest BCUT2D eigenvalue weighted by atomic mass is 9.88. The Morgan fingerprint density at radius 1 is 1.00 bits per heavy atom. The van der Waals surface area contributed by atoms with Gasteiger partial charge in [-0.2, -0.15) is 0 Å². The Morgan fingerprint density at radius 3 is 2.25 bits per heavy atom. The number of nitrogens with one attached hydrogen (secondary N) is 1. The fraction of sp³-hybridized carbons (Fsp3) is 0.444. The number of hydrogen-bond acceptors (Lipinski definition) is 2. The molecule has 2 heteroatoms. The van der Waals surface area contributed by atoms with Crippen molar-refractivity contribution in [3.63, 3.8) is 0 Å². The number of rotatable bonds is 6. The van der Waals surface area contributed by atoms with E-state index < -0.39 is 0 Å². The lowest BCUT2D eigenvalue weighted by Gasteiger charge is -2.23. The lowest BCUT2D eigenvalue weighted by Crippen LogP contribution is -2.27. The summed E-state index contributed by atoms with van der Waals surface area (Å²) in [6, 6.07) is 15.1. The van der Waals surface area contributed by atoms with Crippen molar-refractivity contribution < 1.29 is 4.42 Å². The second-order valence-electron chi connectivity index (χ2n) is 5.84. The van der Waals surface area contributed by atoms with E-state index in [1.54, 1.807) is 0 Å². The highest BCUT2D eigenvalue weighted by Crippen LogP contribution is 2.25. The van der Waals surface area contributed by atoms with Crippen LogP contribution in [0.3, 0.4) is 0 Å². The molecule has 0 spiro atoms. The summed E-state index contributed by atoms with van der Waals surface area (Å²) in [5.41, 5.74) is 1.40. The van der Waals surface area contributed by atoms with E-state index in [-0.39, 0.29) is 6.04 Å². The van der Waals surface area contributed by atoms with Crippen molar-refractivity contribution in [2.75, 3.05) is 6.54 Å². The summed E-state index contributed by atoms with van der Waals surface area (Å²) in [6.45, 7) is 9.66. The first kappa shape index (κ1) is 14.9. The third kappa shape index (κ3) is 3.73. The van der Waals surface area contributed by atoms with Crippen LogP contribution in [-0.4, -0.2) is 6.54 Å². The molecule has 0 aliphatic rings. The van der Waals surface area contributed by atoms with Gasteiger partial charge in [0.05, 0.1) is 6.04 Å². The zero-order valence-electron chi connectivity index (χ0n) is 12.9. The van der Waals surface area contributed by atoms with Crippen LogP contribution in [0.4, 0.5) is 0 Å². The fourth-order valence-corrected chi connectivity index (χ4v) is 2.53. The Hall–Kier alpha value is -1.54. The van der Waals surface area contributed by atoms with Crippen molar-refractivity contribution in [2.45, 2.75) is 39.7 Å². The first-order chi connectivity index (χ1) is 9.58. The molecule has 0 amide bonds. The summed E-state index contributed by atoms with van der Waals surface area (Å²) < 4.78 is 5.68. The SMILES string of the molecule is Cc1ccc(C(C)NCC(c2ccccc2)C(C)C)o1. The summed E-state index contributed by atoms with van der Waals surface area (Å²) in [5.74, 6) is 3.11. The molecule has 0 saturated heterocycles. The molecule has 0 saturated carbocycles. The fourth-order valence-electron chi connectivity index (χ4n) is 2.53. The van der Waals surface area contributed by atoms with Gasteiger partial charge in [-0.05, 0) is 43.4 Å². The van der Waals surface area contributed by atoms with E-state index in [0.717, 1.165) is 18.1 Å². The minimum atomic E-state index is 0.244. The summed E-state index contributed by atoms with van der Waals surface area (Å²) >= 11 is 0. The molecule has 1 aromatic carbocycles. The monoisotopic (exact) mass is 271 g/mol. The molecule has 0 fully saturated rings. The van der Waals surface area contributed by atoms with Crippen LogP contribution < -0.4 is 5.32 Å². The quantitative estimate of drug-likeness (QED) is 0.825. The molecular weight excluding hydrogens is 246 g/mol. The molecule has 1 N–H and O–H groups in total. The van der Waals surface area contributed by atoms with E-state index in [9.17, 15) is 0 Å². The van der Waals surface area contributed by atoms with Gasteiger partial charge >= 0.3 is 0 Å². The average Bonchev–Trinajstić information content (AvgIpc) is 2.86. The molecule has 108 valence electrons. The van der Waals surface area contributed by atoms with E-state index >= 15 is 0 Å². The third-order valence-corrected chi connectivity index (χ3v) is 3.86. The molecule has 1 heterocycles. The van der Waals surface area contributed by atoms with Gasteiger partial charge in [-0.15, -0.1) is 0 Å². The smallest absolute Gasteiger partial charge is 0.120 e. The Bertz CT molecular complexity index is 515. The van der Waals surface area contributed by atoms with Crippen LogP contribution in [-0.2, 0) is 0 Å². The maximum absolute atomic E-state index is 5.68. The summed E-state index contributed by atoms with van der Waals surface area (Å²) in [5, 5.41) is 3.60. The Kier molecular flexibility index (Phi) is 5.02. The van der Waals surface area contributed by atoms with Crippen LogP contribution >= 0.6 is 0 Å². The van der Waals surface area contributed by atoms with Crippen molar-refractivity contribution in [3.8, 4) is 0 Å². The maximum Gasteiger partial charge on any atom is 0.120 e. The van der Waals surface area contributed by atoms with E-state index in [1.165, 1.54) is 5.56 Å². The van der Waals surface area contributed by atoms with Crippen LogP contribution in [0.15, 0.2) is 46.9 Å². The standard InChI is InChI=1S/C18H25NO/c1-13(2)17(16-8-6-5-7-9-16)12-19-15(4)18-11-10-14(3)20-18/h5-11,13,15,17,19H,12H2,1-4H3. The number of benzene rings is 1. The van der Waals surface area contributed by atoms with Crippen LogP contribution in [0.25, 0.3) is 0 Å². The highest BCUT2D eigenvalue weighted by Gasteiger charge is 2.17. The van der Waals surface area contributed by atoms with Crippen molar-refractivity contribution in [1.29, 1.82) is 0 Å². The first-order valence-electron chi connectivity index (χ1n) is 7.42. The van der Waals surface area contributed by atoms with Gasteiger partial charge in [-0.3, -0.25) is 0 Å². The minimum absolute atomic E-state index is 0.244. The first-order valence-corrected chi connectivity index (χ1v) is 7.42. The van der Waals surface area contributed by atoms with Crippen molar-refractivity contribution >= 4 is 0 Å². The van der Waals surface area contributed by atoms with Gasteiger partial charge in [0, 0.05) is 6.54 Å². The van der Waals surface area contributed by atoms with Crippen LogP contribution in [0.2, 0.25) is 0 Å². The van der Waals surface area contributed by atoms with Gasteiger partial charge < -0.3 is 9.73 Å². The molecule has 2 nitrogen and oxygen atoms in total. The van der Waals surface area contributed by atoms with Crippen molar-refractivity contribution in [3.05, 3.63) is 59.5 Å². The van der Waals surface area contributed by atoms with Gasteiger partial charge in [0.25, 0.3) is 0 Å². The molecule has 2 aromatic rings. The van der Waals surface area contributed by atoms with E-state index in [1.807, 2.05) is 13.0 Å². The number of hydrogen-bond donors (Lipinski definition) is 1. The lowest BCUT2D eigenvalue weighted by molar-refractivity contribution is 0.385. The second-order valence-corrected chi connectivity index (χ2v) is 5.84. The maximum atomic E-state index is 5.68. The summed E-state index contributed by atoms with van der Waals surface area (Å²) in [4.78, 5) is 0. The normalized spacial score (nSPS) is 14.4. The van der Waals surface area contributed by atoms with Crippen LogP contribution in [0.5, 0.6) is 0 Å². The molecule has 2 unspecified atom stereocenters. The topological polar surface area (TPSA) is 25.2 Å². The second kappa shape index (κ2) is 6.76. The van der Waals surface area contributed by atoms with Gasteiger partial charge in [0.1, 0.15) is 11.5 Å². The molecular formula is C18H25NO. The Labute approximate surface area is 122 Å². The van der Waals surface area contributed by atoms with Crippen molar-refractivity contribution in [1.82, 2.24) is 5.32 Å². The average molecular weight is 271 g/mol. The molecule has 0 aliphatic heterocycles. The molecule has 2 rings (SSSR count). The van der Waals surface area contributed by atoms with Gasteiger partial charge in [-0.25, -0.2) is 0 Å². The molecule has 0 bridgehead atoms. The molecule has 2 atom stereocenters. The molecule has 0 aliphatic carbocycles. The zero-order valence-corrected chi connectivity index (χ0v) is 12.9. The number of furan rings is 1. The van der Waals surface area contributed by atoms with Gasteiger partial charge in [0.2, 0.25) is 0 Å². The predicted octanol–water partition coefficient (Wildman–Crippen LogP) is 4.68. The molecule has 0 radical (unpaired) electrons. The number of aryl methyl sites for hydroxylation is 1. The molecule has 1 aromatic heterocycles. The minimum Gasteiger partial charge on any atom is -0.465 e. The summed E-state index contributed by atoms with van der Waals surface area (Å²) in [6.07, 6.45) is 0.